The predicted octanol–water partition coefficient (Wildman–Crippen LogP) is 13.2. The molecule has 0 amide bonds. The van der Waals surface area contributed by atoms with Crippen molar-refractivity contribution < 1.29 is 4.42 Å². The van der Waals surface area contributed by atoms with E-state index in [4.69, 9.17) is 4.42 Å². The van der Waals surface area contributed by atoms with Gasteiger partial charge in [0, 0.05) is 36.8 Å². The van der Waals surface area contributed by atoms with Gasteiger partial charge in [0.1, 0.15) is 5.58 Å². The van der Waals surface area contributed by atoms with Crippen molar-refractivity contribution in [2.24, 2.45) is 0 Å². The molecule has 0 unspecified atom stereocenters. The van der Waals surface area contributed by atoms with E-state index in [1.54, 1.807) is 0 Å². The number of allylic oxidation sites excluding steroid dienone is 1. The number of benzene rings is 7. The van der Waals surface area contributed by atoms with Gasteiger partial charge < -0.3 is 9.32 Å². The lowest BCUT2D eigenvalue weighted by molar-refractivity contribution is 0.669. The Hall–Kier alpha value is -5.64. The first-order valence-corrected chi connectivity index (χ1v) is 17.0. The lowest BCUT2D eigenvalue weighted by Crippen LogP contribution is -2.10. The molecule has 0 spiro atoms. The summed E-state index contributed by atoms with van der Waals surface area (Å²) in [6, 6.07) is 50.6. The van der Waals surface area contributed by atoms with E-state index >= 15 is 0 Å². The minimum Gasteiger partial charge on any atom is -0.454 e. The molecule has 0 bridgehead atoms. The van der Waals surface area contributed by atoms with Crippen LogP contribution in [0.5, 0.6) is 0 Å². The maximum absolute atomic E-state index is 6.59. The first-order chi connectivity index (χ1) is 23.3. The van der Waals surface area contributed by atoms with E-state index < -0.39 is 0 Å². The van der Waals surface area contributed by atoms with Gasteiger partial charge in [0.2, 0.25) is 0 Å². The highest BCUT2D eigenvalue weighted by atomic mass is 32.1. The summed E-state index contributed by atoms with van der Waals surface area (Å²) in [6.07, 6.45) is 6.92. The summed E-state index contributed by atoms with van der Waals surface area (Å²) in [4.78, 5) is 3.88. The first-order valence-electron chi connectivity index (χ1n) is 16.2. The van der Waals surface area contributed by atoms with Crippen LogP contribution in [-0.2, 0) is 6.42 Å². The molecule has 2 aromatic heterocycles. The number of rotatable bonds is 4. The monoisotopic (exact) mass is 619 g/mol. The van der Waals surface area contributed by atoms with Crippen LogP contribution in [0.25, 0.3) is 70.8 Å². The zero-order valence-electron chi connectivity index (χ0n) is 25.6. The van der Waals surface area contributed by atoms with Gasteiger partial charge in [-0.25, -0.2) is 0 Å². The number of nitrogens with zero attached hydrogens (tertiary/aromatic N) is 1. The molecule has 47 heavy (non-hydrogen) atoms. The number of furan rings is 1. The lowest BCUT2D eigenvalue weighted by atomic mass is 9.97. The Bertz CT molecular complexity index is 2700. The van der Waals surface area contributed by atoms with Gasteiger partial charge in [-0.15, -0.1) is 11.3 Å². The van der Waals surface area contributed by atoms with Gasteiger partial charge in [-0.05, 0) is 94.2 Å². The van der Waals surface area contributed by atoms with Crippen LogP contribution in [0.1, 0.15) is 16.9 Å². The van der Waals surface area contributed by atoms with Crippen molar-refractivity contribution in [1.29, 1.82) is 0 Å². The quantitative estimate of drug-likeness (QED) is 0.195. The largest absolute Gasteiger partial charge is 0.454 e. The Morgan fingerprint density at radius 3 is 2.28 bits per heavy atom. The predicted molar refractivity (Wildman–Crippen MR) is 202 cm³/mol. The third-order valence-electron chi connectivity index (χ3n) is 9.67. The molecule has 0 radical (unpaired) electrons. The van der Waals surface area contributed by atoms with Crippen LogP contribution in [0.2, 0.25) is 0 Å². The first kappa shape index (κ1) is 26.6. The molecule has 9 aromatic rings. The maximum Gasteiger partial charge on any atom is 0.159 e. The van der Waals surface area contributed by atoms with E-state index in [1.807, 2.05) is 17.4 Å². The molecule has 1 aliphatic carbocycles. The Labute approximate surface area is 276 Å². The molecule has 7 aromatic carbocycles. The molecule has 0 N–H and O–H groups in total. The Balaban J connectivity index is 1.14. The SMILES string of the molecule is C1=Cc2c(sc3ccc(-c4ccc5cc(N(c6cccc7ccccc67)c6cccc7c6oc6ccccc67)ccc5c4)cc23)CC1. The van der Waals surface area contributed by atoms with E-state index in [1.165, 1.54) is 53.2 Å². The fraction of sp³-hybridized carbons (Fsp3) is 0.0455. The molecule has 3 heteroatoms. The summed E-state index contributed by atoms with van der Waals surface area (Å²) in [5.74, 6) is 0. The Morgan fingerprint density at radius 1 is 0.553 bits per heavy atom. The number of hydrogen-bond acceptors (Lipinski definition) is 3. The van der Waals surface area contributed by atoms with Crippen molar-refractivity contribution in [3.63, 3.8) is 0 Å². The number of fused-ring (bicyclic) bond motifs is 8. The van der Waals surface area contributed by atoms with Crippen LogP contribution in [0.3, 0.4) is 0 Å². The normalized spacial score (nSPS) is 12.9. The molecule has 2 nitrogen and oxygen atoms in total. The molecule has 222 valence electrons. The zero-order chi connectivity index (χ0) is 30.9. The Kier molecular flexibility index (Phi) is 5.91. The van der Waals surface area contributed by atoms with Crippen LogP contribution in [-0.4, -0.2) is 0 Å². The standard InChI is InChI=1S/C44H29NOS/c1-2-11-34-28(9-1)10-7-15-39(34)45(40-16-8-14-37-35-12-3-5-17-41(35)46-44(37)40)33-23-21-30-25-29(19-20-31(30)26-33)32-22-24-43-38(27-32)36-13-4-6-18-42(36)47-43/h1-5,7-17,19-27H,6,18H2. The summed E-state index contributed by atoms with van der Waals surface area (Å²) in [5.41, 5.74) is 8.93. The minimum atomic E-state index is 0.887. The fourth-order valence-electron chi connectivity index (χ4n) is 7.40. The van der Waals surface area contributed by atoms with E-state index in [0.717, 1.165) is 51.8 Å². The zero-order valence-corrected chi connectivity index (χ0v) is 26.4. The molecule has 0 fully saturated rings. The molecule has 0 atom stereocenters. The molecular weight excluding hydrogens is 591 g/mol. The van der Waals surface area contributed by atoms with Crippen LogP contribution in [0.15, 0.2) is 150 Å². The number of para-hydroxylation sites is 2. The van der Waals surface area contributed by atoms with Crippen LogP contribution in [0, 0.1) is 0 Å². The third kappa shape index (κ3) is 4.24. The van der Waals surface area contributed by atoms with Crippen LogP contribution < -0.4 is 4.90 Å². The molecule has 0 saturated heterocycles. The fourth-order valence-corrected chi connectivity index (χ4v) is 8.59. The van der Waals surface area contributed by atoms with Gasteiger partial charge in [-0.3, -0.25) is 0 Å². The number of hydrogen-bond donors (Lipinski definition) is 0. The smallest absolute Gasteiger partial charge is 0.159 e. The van der Waals surface area contributed by atoms with Crippen molar-refractivity contribution >= 4 is 88.0 Å². The molecule has 1 aliphatic rings. The van der Waals surface area contributed by atoms with Crippen LogP contribution >= 0.6 is 11.3 Å². The summed E-state index contributed by atoms with van der Waals surface area (Å²) in [5, 5.41) is 8.44. The minimum absolute atomic E-state index is 0.887. The highest BCUT2D eigenvalue weighted by Gasteiger charge is 2.21. The van der Waals surface area contributed by atoms with Crippen molar-refractivity contribution in [3.05, 3.63) is 156 Å². The van der Waals surface area contributed by atoms with Crippen molar-refractivity contribution in [2.75, 3.05) is 4.90 Å². The number of thiophene rings is 1. The third-order valence-corrected chi connectivity index (χ3v) is 10.9. The van der Waals surface area contributed by atoms with E-state index in [9.17, 15) is 0 Å². The van der Waals surface area contributed by atoms with E-state index in [-0.39, 0.29) is 0 Å². The van der Waals surface area contributed by atoms with E-state index in [0.29, 0.717) is 0 Å². The second kappa shape index (κ2) is 10.4. The van der Waals surface area contributed by atoms with Crippen molar-refractivity contribution in [3.8, 4) is 11.1 Å². The van der Waals surface area contributed by atoms with Gasteiger partial charge in [-0.1, -0.05) is 103 Å². The van der Waals surface area contributed by atoms with Crippen molar-refractivity contribution in [1.82, 2.24) is 0 Å². The van der Waals surface area contributed by atoms with Crippen LogP contribution in [0.4, 0.5) is 17.1 Å². The summed E-state index contributed by atoms with van der Waals surface area (Å²) >= 11 is 1.95. The van der Waals surface area contributed by atoms with Crippen molar-refractivity contribution in [2.45, 2.75) is 12.8 Å². The summed E-state index contributed by atoms with van der Waals surface area (Å²) in [7, 11) is 0. The molecular formula is C44H29NOS. The molecule has 10 rings (SSSR count). The molecule has 2 heterocycles. The molecule has 0 aliphatic heterocycles. The Morgan fingerprint density at radius 2 is 1.30 bits per heavy atom. The average Bonchev–Trinajstić information content (AvgIpc) is 3.70. The summed E-state index contributed by atoms with van der Waals surface area (Å²) in [6.45, 7) is 0. The molecule has 0 saturated carbocycles. The second-order valence-corrected chi connectivity index (χ2v) is 13.6. The average molecular weight is 620 g/mol. The van der Waals surface area contributed by atoms with Gasteiger partial charge in [0.25, 0.3) is 0 Å². The number of anilines is 3. The lowest BCUT2D eigenvalue weighted by Gasteiger charge is -2.27. The highest BCUT2D eigenvalue weighted by Crippen LogP contribution is 2.45. The van der Waals surface area contributed by atoms with Gasteiger partial charge in [0.05, 0.1) is 11.4 Å². The van der Waals surface area contributed by atoms with E-state index in [2.05, 4.69) is 151 Å². The van der Waals surface area contributed by atoms with Gasteiger partial charge in [-0.2, -0.15) is 0 Å². The van der Waals surface area contributed by atoms with Gasteiger partial charge >= 0.3 is 0 Å². The maximum atomic E-state index is 6.59. The van der Waals surface area contributed by atoms with Gasteiger partial charge in [0.15, 0.2) is 5.58 Å². The highest BCUT2D eigenvalue weighted by molar-refractivity contribution is 7.19. The summed E-state index contributed by atoms with van der Waals surface area (Å²) < 4.78 is 7.96. The topological polar surface area (TPSA) is 16.4 Å². The second-order valence-electron chi connectivity index (χ2n) is 12.4. The number of aryl methyl sites for hydroxylation is 1.